The Bertz CT molecular complexity index is 1180. The first kappa shape index (κ1) is 18.5. The Morgan fingerprint density at radius 2 is 1.32 bits per heavy atom. The van der Waals surface area contributed by atoms with E-state index in [0.29, 0.717) is 33.8 Å². The number of fused-ring (bicyclic) bond motifs is 4. The lowest BCUT2D eigenvalue weighted by molar-refractivity contribution is 0.0975. The molecule has 5 nitrogen and oxygen atoms in total. The van der Waals surface area contributed by atoms with Crippen molar-refractivity contribution in [3.8, 4) is 17.2 Å². The first-order valence-electron chi connectivity index (χ1n) is 8.58. The number of halogens is 1. The molecule has 28 heavy (non-hydrogen) atoms. The number of methoxy groups -OCH3 is 3. The van der Waals surface area contributed by atoms with Crippen molar-refractivity contribution >= 4 is 38.3 Å². The molecule has 0 saturated heterocycles. The molecule has 0 radical (unpaired) electrons. The van der Waals surface area contributed by atoms with Crippen molar-refractivity contribution in [2.75, 3.05) is 21.3 Å². The van der Waals surface area contributed by atoms with E-state index in [4.69, 9.17) is 14.2 Å². The third-order valence-corrected chi connectivity index (χ3v) is 6.15. The number of benzene rings is 3. The van der Waals surface area contributed by atoms with Crippen LogP contribution >= 0.6 is 15.9 Å². The maximum Gasteiger partial charge on any atom is 0.199 e. The zero-order valence-electron chi connectivity index (χ0n) is 15.8. The number of carbonyl (C=O) groups excluding carboxylic acids is 2. The van der Waals surface area contributed by atoms with Crippen LogP contribution in [0, 0.1) is 6.92 Å². The highest BCUT2D eigenvalue weighted by Crippen LogP contribution is 2.44. The zero-order valence-corrected chi connectivity index (χ0v) is 17.4. The Labute approximate surface area is 170 Å². The van der Waals surface area contributed by atoms with Gasteiger partial charge in [0.05, 0.1) is 32.5 Å². The van der Waals surface area contributed by atoms with Gasteiger partial charge < -0.3 is 14.2 Å². The second-order valence-corrected chi connectivity index (χ2v) is 7.29. The van der Waals surface area contributed by atoms with E-state index in [1.807, 2.05) is 19.1 Å². The summed E-state index contributed by atoms with van der Waals surface area (Å²) in [5, 5.41) is 1.41. The van der Waals surface area contributed by atoms with Gasteiger partial charge in [0, 0.05) is 26.4 Å². The summed E-state index contributed by atoms with van der Waals surface area (Å²) in [5.74, 6) is 0.652. The van der Waals surface area contributed by atoms with Crippen molar-refractivity contribution in [2.45, 2.75) is 6.92 Å². The van der Waals surface area contributed by atoms with Crippen molar-refractivity contribution in [2.24, 2.45) is 0 Å². The molecule has 3 aromatic rings. The van der Waals surface area contributed by atoms with Crippen LogP contribution in [0.1, 0.15) is 37.4 Å². The van der Waals surface area contributed by atoms with Crippen LogP contribution in [0.15, 0.2) is 34.8 Å². The van der Waals surface area contributed by atoms with Crippen LogP contribution in [0.3, 0.4) is 0 Å². The maximum atomic E-state index is 13.6. The van der Waals surface area contributed by atoms with E-state index >= 15 is 0 Å². The molecule has 0 aromatic heterocycles. The maximum absolute atomic E-state index is 13.6. The van der Waals surface area contributed by atoms with E-state index in [0.717, 1.165) is 15.4 Å². The third kappa shape index (κ3) is 2.37. The summed E-state index contributed by atoms with van der Waals surface area (Å²) < 4.78 is 17.2. The summed E-state index contributed by atoms with van der Waals surface area (Å²) in [7, 11) is 4.49. The minimum atomic E-state index is -0.292. The van der Waals surface area contributed by atoms with E-state index < -0.39 is 0 Å². The molecular formula is C22H17BrO5. The van der Waals surface area contributed by atoms with Gasteiger partial charge in [0.2, 0.25) is 0 Å². The Morgan fingerprint density at radius 1 is 0.750 bits per heavy atom. The molecule has 6 heteroatoms. The lowest BCUT2D eigenvalue weighted by atomic mass is 9.80. The summed E-state index contributed by atoms with van der Waals surface area (Å²) in [4.78, 5) is 27.0. The summed E-state index contributed by atoms with van der Waals surface area (Å²) >= 11 is 3.59. The van der Waals surface area contributed by atoms with Crippen LogP contribution in [0.25, 0.3) is 10.8 Å². The van der Waals surface area contributed by atoms with Crippen LogP contribution in [0.4, 0.5) is 0 Å². The predicted octanol–water partition coefficient (Wildman–Crippen LogP) is 4.71. The molecule has 0 bridgehead atoms. The number of ether oxygens (including phenoxy) is 3. The van der Waals surface area contributed by atoms with Crippen molar-refractivity contribution in [1.29, 1.82) is 0 Å². The summed E-state index contributed by atoms with van der Waals surface area (Å²) in [6.07, 6.45) is 0. The molecule has 0 saturated carbocycles. The molecule has 0 atom stereocenters. The molecule has 0 aliphatic heterocycles. The Balaban J connectivity index is 2.17. The summed E-state index contributed by atoms with van der Waals surface area (Å²) in [6, 6.07) is 8.63. The van der Waals surface area contributed by atoms with Gasteiger partial charge in [0.1, 0.15) is 17.2 Å². The van der Waals surface area contributed by atoms with Crippen LogP contribution in [0.5, 0.6) is 17.2 Å². The highest BCUT2D eigenvalue weighted by molar-refractivity contribution is 9.10. The average Bonchev–Trinajstić information content (AvgIpc) is 2.72. The number of ketones is 2. The topological polar surface area (TPSA) is 61.8 Å². The minimum Gasteiger partial charge on any atom is -0.496 e. The summed E-state index contributed by atoms with van der Waals surface area (Å²) in [6.45, 7) is 1.95. The molecule has 0 unspecified atom stereocenters. The quantitative estimate of drug-likeness (QED) is 0.461. The van der Waals surface area contributed by atoms with Crippen LogP contribution in [-0.4, -0.2) is 32.9 Å². The molecule has 0 spiro atoms. The number of rotatable bonds is 3. The van der Waals surface area contributed by atoms with Crippen LogP contribution in [-0.2, 0) is 0 Å². The Kier molecular flexibility index (Phi) is 4.38. The average molecular weight is 441 g/mol. The molecule has 0 fully saturated rings. The second kappa shape index (κ2) is 6.63. The van der Waals surface area contributed by atoms with Crippen LogP contribution in [0.2, 0.25) is 0 Å². The number of aryl methyl sites for hydroxylation is 1. The van der Waals surface area contributed by atoms with Gasteiger partial charge in [-0.3, -0.25) is 9.59 Å². The molecule has 1 aliphatic rings. The van der Waals surface area contributed by atoms with Crippen molar-refractivity contribution in [3.05, 3.63) is 62.6 Å². The lowest BCUT2D eigenvalue weighted by Gasteiger charge is -2.24. The van der Waals surface area contributed by atoms with Gasteiger partial charge in [0.15, 0.2) is 11.6 Å². The largest absolute Gasteiger partial charge is 0.496 e. The van der Waals surface area contributed by atoms with E-state index in [2.05, 4.69) is 15.9 Å². The Hall–Kier alpha value is -2.86. The van der Waals surface area contributed by atoms with Crippen molar-refractivity contribution < 1.29 is 23.8 Å². The minimum absolute atomic E-state index is 0.214. The molecule has 142 valence electrons. The normalized spacial score (nSPS) is 12.6. The monoisotopic (exact) mass is 440 g/mol. The van der Waals surface area contributed by atoms with Gasteiger partial charge in [-0.2, -0.15) is 0 Å². The SMILES string of the molecule is COc1ccc(OC)c2c1C(=O)c1ccc3c(Br)c(C)cc(OC)c3c1C2=O. The van der Waals surface area contributed by atoms with Gasteiger partial charge in [-0.05, 0) is 52.7 Å². The lowest BCUT2D eigenvalue weighted by Crippen LogP contribution is -2.23. The highest BCUT2D eigenvalue weighted by Gasteiger charge is 2.37. The highest BCUT2D eigenvalue weighted by atomic mass is 79.9. The van der Waals surface area contributed by atoms with Crippen molar-refractivity contribution in [3.63, 3.8) is 0 Å². The van der Waals surface area contributed by atoms with E-state index in [9.17, 15) is 9.59 Å². The second-order valence-electron chi connectivity index (χ2n) is 6.50. The van der Waals surface area contributed by atoms with E-state index in [-0.39, 0.29) is 22.7 Å². The fourth-order valence-corrected chi connectivity index (χ4v) is 4.23. The number of carbonyl (C=O) groups is 2. The molecule has 0 amide bonds. The number of hydrogen-bond donors (Lipinski definition) is 0. The molecule has 4 rings (SSSR count). The molecular weight excluding hydrogens is 424 g/mol. The smallest absolute Gasteiger partial charge is 0.199 e. The summed E-state index contributed by atoms with van der Waals surface area (Å²) in [5.41, 5.74) is 2.05. The number of hydrogen-bond acceptors (Lipinski definition) is 5. The van der Waals surface area contributed by atoms with Gasteiger partial charge >= 0.3 is 0 Å². The molecule has 1 aliphatic carbocycles. The fourth-order valence-electron chi connectivity index (χ4n) is 3.79. The van der Waals surface area contributed by atoms with Crippen molar-refractivity contribution in [1.82, 2.24) is 0 Å². The van der Waals surface area contributed by atoms with Crippen LogP contribution < -0.4 is 14.2 Å². The Morgan fingerprint density at radius 3 is 1.89 bits per heavy atom. The van der Waals surface area contributed by atoms with Gasteiger partial charge in [-0.1, -0.05) is 6.07 Å². The third-order valence-electron chi connectivity index (χ3n) is 5.10. The predicted molar refractivity (Wildman–Crippen MR) is 109 cm³/mol. The standard InChI is InChI=1S/C22H17BrO5/c1-10-9-15(28-4)16-11(20(10)23)5-6-12-17(16)22(25)19-14(27-3)8-7-13(26-2)18(19)21(12)24/h5-9H,1-4H3. The van der Waals surface area contributed by atoms with Gasteiger partial charge in [0.25, 0.3) is 0 Å². The van der Waals surface area contributed by atoms with E-state index in [1.165, 1.54) is 14.2 Å². The van der Waals surface area contributed by atoms with Gasteiger partial charge in [-0.15, -0.1) is 0 Å². The first-order valence-corrected chi connectivity index (χ1v) is 9.38. The fraction of sp³-hybridized carbons (Fsp3) is 0.182. The zero-order chi connectivity index (χ0) is 20.2. The molecule has 0 N–H and O–H groups in total. The molecule has 3 aromatic carbocycles. The first-order chi connectivity index (χ1) is 13.4. The molecule has 0 heterocycles. The van der Waals surface area contributed by atoms with E-state index in [1.54, 1.807) is 25.3 Å². The van der Waals surface area contributed by atoms with Gasteiger partial charge in [-0.25, -0.2) is 0 Å².